The molecule has 20 heavy (non-hydrogen) atoms. The second-order valence-electron chi connectivity index (χ2n) is 5.96. The third-order valence-corrected chi connectivity index (χ3v) is 4.01. The second-order valence-corrected chi connectivity index (χ2v) is 5.96. The number of carbonyl (C=O) groups is 2. The standard InChI is InChI=1S/C15H27N3O2/c1-2-9-18(12-13-6-7-13)15(20)16-8-4-11-17-10-3-5-14(17)19/h13H,2-12H2,1H3,(H,16,20). The van der Waals surface area contributed by atoms with Crippen molar-refractivity contribution >= 4 is 11.9 Å². The molecule has 0 spiro atoms. The quantitative estimate of drug-likeness (QED) is 0.690. The topological polar surface area (TPSA) is 52.7 Å². The molecular formula is C15H27N3O2. The van der Waals surface area contributed by atoms with Gasteiger partial charge in [0.05, 0.1) is 0 Å². The summed E-state index contributed by atoms with van der Waals surface area (Å²) in [7, 11) is 0. The van der Waals surface area contributed by atoms with E-state index in [2.05, 4.69) is 12.2 Å². The largest absolute Gasteiger partial charge is 0.343 e. The van der Waals surface area contributed by atoms with Crippen molar-refractivity contribution in [2.24, 2.45) is 5.92 Å². The molecule has 1 aliphatic heterocycles. The molecule has 1 N–H and O–H groups in total. The fourth-order valence-electron chi connectivity index (χ4n) is 2.68. The van der Waals surface area contributed by atoms with E-state index in [4.69, 9.17) is 0 Å². The van der Waals surface area contributed by atoms with Crippen LogP contribution in [0, 0.1) is 5.92 Å². The van der Waals surface area contributed by atoms with Crippen molar-refractivity contribution in [1.29, 1.82) is 0 Å². The molecule has 114 valence electrons. The molecule has 0 unspecified atom stereocenters. The van der Waals surface area contributed by atoms with E-state index < -0.39 is 0 Å². The fourth-order valence-corrected chi connectivity index (χ4v) is 2.68. The van der Waals surface area contributed by atoms with Crippen molar-refractivity contribution in [2.75, 3.05) is 32.7 Å². The van der Waals surface area contributed by atoms with Crippen LogP contribution in [0.3, 0.4) is 0 Å². The summed E-state index contributed by atoms with van der Waals surface area (Å²) in [5.41, 5.74) is 0. The smallest absolute Gasteiger partial charge is 0.317 e. The second kappa shape index (κ2) is 7.50. The lowest BCUT2D eigenvalue weighted by Gasteiger charge is -2.23. The van der Waals surface area contributed by atoms with Gasteiger partial charge in [0.1, 0.15) is 0 Å². The molecule has 1 saturated carbocycles. The minimum Gasteiger partial charge on any atom is -0.343 e. The minimum atomic E-state index is 0.0616. The normalized spacial score (nSPS) is 18.4. The number of rotatable bonds is 8. The third-order valence-electron chi connectivity index (χ3n) is 4.01. The van der Waals surface area contributed by atoms with Crippen molar-refractivity contribution in [1.82, 2.24) is 15.1 Å². The van der Waals surface area contributed by atoms with Crippen LogP contribution in [0.2, 0.25) is 0 Å². The van der Waals surface area contributed by atoms with Crippen LogP contribution in [0.25, 0.3) is 0 Å². The van der Waals surface area contributed by atoms with Crippen molar-refractivity contribution in [3.05, 3.63) is 0 Å². The Bertz CT molecular complexity index is 342. The van der Waals surface area contributed by atoms with E-state index in [1.54, 1.807) is 0 Å². The zero-order valence-electron chi connectivity index (χ0n) is 12.6. The summed E-state index contributed by atoms with van der Waals surface area (Å²) in [4.78, 5) is 27.4. The first-order valence-electron chi connectivity index (χ1n) is 8.01. The molecule has 2 aliphatic rings. The molecule has 0 aromatic carbocycles. The van der Waals surface area contributed by atoms with E-state index >= 15 is 0 Å². The maximum absolute atomic E-state index is 12.1. The van der Waals surface area contributed by atoms with Crippen LogP contribution in [-0.2, 0) is 4.79 Å². The Morgan fingerprint density at radius 2 is 2.25 bits per heavy atom. The molecule has 0 radical (unpaired) electrons. The molecule has 0 aromatic rings. The SMILES string of the molecule is CCCN(CC1CC1)C(=O)NCCCN1CCCC1=O. The first-order valence-corrected chi connectivity index (χ1v) is 8.01. The Morgan fingerprint density at radius 1 is 1.45 bits per heavy atom. The average molecular weight is 281 g/mol. The van der Waals surface area contributed by atoms with Gasteiger partial charge in [0, 0.05) is 39.1 Å². The molecule has 3 amide bonds. The van der Waals surface area contributed by atoms with E-state index in [-0.39, 0.29) is 11.9 Å². The van der Waals surface area contributed by atoms with Gasteiger partial charge in [-0.1, -0.05) is 6.92 Å². The molecule has 2 rings (SSSR count). The van der Waals surface area contributed by atoms with Gasteiger partial charge < -0.3 is 15.1 Å². The van der Waals surface area contributed by atoms with Crippen LogP contribution < -0.4 is 5.32 Å². The monoisotopic (exact) mass is 281 g/mol. The molecule has 2 fully saturated rings. The Morgan fingerprint density at radius 3 is 2.85 bits per heavy atom. The third kappa shape index (κ3) is 4.69. The van der Waals surface area contributed by atoms with Crippen LogP contribution in [0.1, 0.15) is 45.4 Å². The summed E-state index contributed by atoms with van der Waals surface area (Å²) in [5, 5.41) is 2.99. The molecule has 1 heterocycles. The molecule has 1 saturated heterocycles. The zero-order chi connectivity index (χ0) is 14.4. The van der Waals surface area contributed by atoms with Crippen LogP contribution in [0.4, 0.5) is 4.79 Å². The highest BCUT2D eigenvalue weighted by atomic mass is 16.2. The summed E-state index contributed by atoms with van der Waals surface area (Å²) in [6.45, 7) is 6.17. The number of amides is 3. The minimum absolute atomic E-state index is 0.0616. The summed E-state index contributed by atoms with van der Waals surface area (Å²) in [6.07, 6.45) is 6.06. The van der Waals surface area contributed by atoms with Crippen molar-refractivity contribution in [3.8, 4) is 0 Å². The van der Waals surface area contributed by atoms with Gasteiger partial charge in [0.15, 0.2) is 0 Å². The lowest BCUT2D eigenvalue weighted by atomic mass is 10.3. The van der Waals surface area contributed by atoms with Crippen LogP contribution >= 0.6 is 0 Å². The lowest BCUT2D eigenvalue weighted by molar-refractivity contribution is -0.127. The van der Waals surface area contributed by atoms with Gasteiger partial charge >= 0.3 is 6.03 Å². The van der Waals surface area contributed by atoms with E-state index in [0.29, 0.717) is 13.0 Å². The Labute approximate surface area is 121 Å². The van der Waals surface area contributed by atoms with E-state index in [0.717, 1.165) is 51.4 Å². The van der Waals surface area contributed by atoms with Gasteiger partial charge in [-0.25, -0.2) is 4.79 Å². The molecule has 5 heteroatoms. The number of nitrogens with zero attached hydrogens (tertiary/aromatic N) is 2. The van der Waals surface area contributed by atoms with Gasteiger partial charge in [-0.2, -0.15) is 0 Å². The number of likely N-dealkylation sites (tertiary alicyclic amines) is 1. The van der Waals surface area contributed by atoms with Gasteiger partial charge in [0.2, 0.25) is 5.91 Å². The molecule has 0 aromatic heterocycles. The summed E-state index contributed by atoms with van der Waals surface area (Å²) < 4.78 is 0. The Kier molecular flexibility index (Phi) is 5.68. The predicted octanol–water partition coefficient (Wildman–Crippen LogP) is 1.83. The van der Waals surface area contributed by atoms with Gasteiger partial charge in [-0.3, -0.25) is 4.79 Å². The predicted molar refractivity (Wildman–Crippen MR) is 78.4 cm³/mol. The van der Waals surface area contributed by atoms with Crippen molar-refractivity contribution in [2.45, 2.75) is 45.4 Å². The number of urea groups is 1. The molecule has 5 nitrogen and oxygen atoms in total. The van der Waals surface area contributed by atoms with Gasteiger partial charge in [-0.15, -0.1) is 0 Å². The Balaban J connectivity index is 1.61. The first kappa shape index (κ1) is 15.1. The molecular weight excluding hydrogens is 254 g/mol. The van der Waals surface area contributed by atoms with Crippen molar-refractivity contribution < 1.29 is 9.59 Å². The molecule has 0 bridgehead atoms. The van der Waals surface area contributed by atoms with Crippen LogP contribution in [0.5, 0.6) is 0 Å². The molecule has 0 atom stereocenters. The number of hydrogen-bond donors (Lipinski definition) is 1. The first-order chi connectivity index (χ1) is 9.70. The van der Waals surface area contributed by atoms with Crippen molar-refractivity contribution in [3.63, 3.8) is 0 Å². The van der Waals surface area contributed by atoms with E-state index in [9.17, 15) is 9.59 Å². The maximum atomic E-state index is 12.1. The number of hydrogen-bond acceptors (Lipinski definition) is 2. The van der Waals surface area contributed by atoms with E-state index in [1.807, 2.05) is 9.80 Å². The lowest BCUT2D eigenvalue weighted by Crippen LogP contribution is -2.42. The molecule has 1 aliphatic carbocycles. The summed E-state index contributed by atoms with van der Waals surface area (Å²) in [5.74, 6) is 0.993. The zero-order valence-corrected chi connectivity index (χ0v) is 12.6. The summed E-state index contributed by atoms with van der Waals surface area (Å²) in [6, 6.07) is 0.0616. The Hall–Kier alpha value is -1.26. The van der Waals surface area contributed by atoms with Gasteiger partial charge in [0.25, 0.3) is 0 Å². The summed E-state index contributed by atoms with van der Waals surface area (Å²) >= 11 is 0. The van der Waals surface area contributed by atoms with Crippen LogP contribution in [0.15, 0.2) is 0 Å². The van der Waals surface area contributed by atoms with Crippen LogP contribution in [-0.4, -0.2) is 54.5 Å². The highest BCUT2D eigenvalue weighted by molar-refractivity contribution is 5.78. The highest BCUT2D eigenvalue weighted by Gasteiger charge is 2.26. The van der Waals surface area contributed by atoms with E-state index in [1.165, 1.54) is 12.8 Å². The number of carbonyl (C=O) groups excluding carboxylic acids is 2. The highest BCUT2D eigenvalue weighted by Crippen LogP contribution is 2.29. The average Bonchev–Trinajstić information content (AvgIpc) is 3.16. The fraction of sp³-hybridized carbons (Fsp3) is 0.867. The number of nitrogens with one attached hydrogen (secondary N) is 1. The maximum Gasteiger partial charge on any atom is 0.317 e. The van der Waals surface area contributed by atoms with Gasteiger partial charge in [-0.05, 0) is 38.0 Å².